The summed E-state index contributed by atoms with van der Waals surface area (Å²) in [6, 6.07) is 11.5. The Morgan fingerprint density at radius 1 is 1.00 bits per heavy atom. The molecule has 0 saturated heterocycles. The van der Waals surface area contributed by atoms with Crippen molar-refractivity contribution < 1.29 is 14.7 Å². The second-order valence-corrected chi connectivity index (χ2v) is 3.77. The van der Waals surface area contributed by atoms with Gasteiger partial charge >= 0.3 is 5.97 Å². The zero-order valence-corrected chi connectivity index (χ0v) is 9.54. The van der Waals surface area contributed by atoms with E-state index in [0.29, 0.717) is 5.69 Å². The molecule has 0 aliphatic rings. The van der Waals surface area contributed by atoms with Gasteiger partial charge in [-0.3, -0.25) is 9.78 Å². The summed E-state index contributed by atoms with van der Waals surface area (Å²) in [5.74, 6) is -1.34. The molecular weight excluding hydrogens is 230 g/mol. The van der Waals surface area contributed by atoms with E-state index in [9.17, 15) is 9.59 Å². The Morgan fingerprint density at radius 2 is 1.67 bits per heavy atom. The van der Waals surface area contributed by atoms with E-state index < -0.39 is 5.97 Å². The van der Waals surface area contributed by atoms with Crippen molar-refractivity contribution in [3.63, 3.8) is 0 Å². The molecule has 0 atom stereocenters. The van der Waals surface area contributed by atoms with Gasteiger partial charge in [0.1, 0.15) is 0 Å². The van der Waals surface area contributed by atoms with E-state index in [1.54, 1.807) is 36.5 Å². The standard InChI is InChI=1S/C14H11NO3/c16-13(9-10-5-3-4-8-15-10)11-6-1-2-7-12(11)14(17)18/h1-8H,9H2,(H,17,18). The minimum atomic E-state index is -1.10. The van der Waals surface area contributed by atoms with Gasteiger partial charge in [-0.2, -0.15) is 0 Å². The van der Waals surface area contributed by atoms with Crippen molar-refractivity contribution in [2.45, 2.75) is 6.42 Å². The van der Waals surface area contributed by atoms with Crippen LogP contribution in [0.1, 0.15) is 26.4 Å². The molecule has 0 aliphatic carbocycles. The van der Waals surface area contributed by atoms with Gasteiger partial charge in [0.2, 0.25) is 0 Å². The summed E-state index contributed by atoms with van der Waals surface area (Å²) in [6.45, 7) is 0. The van der Waals surface area contributed by atoms with Crippen molar-refractivity contribution in [1.29, 1.82) is 0 Å². The maximum absolute atomic E-state index is 12.0. The lowest BCUT2D eigenvalue weighted by atomic mass is 10.0. The molecule has 0 spiro atoms. The number of Topliss-reactive ketones (excluding diaryl/α,β-unsaturated/α-hetero) is 1. The molecule has 0 fully saturated rings. The highest BCUT2D eigenvalue weighted by atomic mass is 16.4. The van der Waals surface area contributed by atoms with E-state index in [1.807, 2.05) is 0 Å². The SMILES string of the molecule is O=C(O)c1ccccc1C(=O)Cc1ccccn1. The van der Waals surface area contributed by atoms with Gasteiger partial charge in [0.25, 0.3) is 0 Å². The van der Waals surface area contributed by atoms with Crippen LogP contribution in [0.2, 0.25) is 0 Å². The molecule has 0 bridgehead atoms. The summed E-state index contributed by atoms with van der Waals surface area (Å²) in [7, 11) is 0. The van der Waals surface area contributed by atoms with Crippen molar-refractivity contribution in [1.82, 2.24) is 4.98 Å². The molecule has 0 amide bonds. The molecule has 90 valence electrons. The number of nitrogens with zero attached hydrogens (tertiary/aromatic N) is 1. The fourth-order valence-corrected chi connectivity index (χ4v) is 1.68. The predicted molar refractivity (Wildman–Crippen MR) is 65.7 cm³/mol. The van der Waals surface area contributed by atoms with Crippen LogP contribution in [0.3, 0.4) is 0 Å². The second-order valence-electron chi connectivity index (χ2n) is 3.77. The number of ketones is 1. The first-order valence-electron chi connectivity index (χ1n) is 5.44. The Hall–Kier alpha value is -2.49. The van der Waals surface area contributed by atoms with Gasteiger partial charge in [0.05, 0.1) is 12.0 Å². The molecule has 1 N–H and O–H groups in total. The maximum Gasteiger partial charge on any atom is 0.336 e. The largest absolute Gasteiger partial charge is 0.478 e. The molecule has 0 radical (unpaired) electrons. The third-order valence-electron chi connectivity index (χ3n) is 2.53. The van der Waals surface area contributed by atoms with Crippen LogP contribution in [-0.4, -0.2) is 21.8 Å². The molecule has 0 unspecified atom stereocenters. The van der Waals surface area contributed by atoms with Crippen molar-refractivity contribution in [3.05, 3.63) is 65.5 Å². The Morgan fingerprint density at radius 3 is 2.28 bits per heavy atom. The lowest BCUT2D eigenvalue weighted by Crippen LogP contribution is -2.11. The van der Waals surface area contributed by atoms with Gasteiger partial charge in [-0.25, -0.2) is 4.79 Å². The summed E-state index contributed by atoms with van der Waals surface area (Å²) in [5, 5.41) is 9.01. The molecule has 1 aromatic carbocycles. The number of carbonyl (C=O) groups is 2. The van der Waals surface area contributed by atoms with E-state index in [-0.39, 0.29) is 23.3 Å². The number of aromatic nitrogens is 1. The van der Waals surface area contributed by atoms with Crippen LogP contribution in [0.25, 0.3) is 0 Å². The third kappa shape index (κ3) is 2.60. The molecule has 1 heterocycles. The van der Waals surface area contributed by atoms with Crippen LogP contribution < -0.4 is 0 Å². The van der Waals surface area contributed by atoms with E-state index in [1.165, 1.54) is 12.1 Å². The highest BCUT2D eigenvalue weighted by molar-refractivity contribution is 6.06. The quantitative estimate of drug-likeness (QED) is 0.833. The average molecular weight is 241 g/mol. The molecule has 0 aliphatic heterocycles. The van der Waals surface area contributed by atoms with Gasteiger partial charge in [-0.05, 0) is 18.2 Å². The molecule has 2 aromatic rings. The zero-order chi connectivity index (χ0) is 13.0. The Balaban J connectivity index is 2.27. The topological polar surface area (TPSA) is 67.3 Å². The van der Waals surface area contributed by atoms with E-state index >= 15 is 0 Å². The minimum absolute atomic E-state index is 0.0263. The summed E-state index contributed by atoms with van der Waals surface area (Å²) in [4.78, 5) is 27.1. The zero-order valence-electron chi connectivity index (χ0n) is 9.54. The number of hydrogen-bond acceptors (Lipinski definition) is 3. The molecule has 4 heteroatoms. The van der Waals surface area contributed by atoms with E-state index in [2.05, 4.69) is 4.98 Å². The van der Waals surface area contributed by atoms with Gasteiger partial charge in [0, 0.05) is 17.5 Å². The number of pyridine rings is 1. The number of aromatic carboxylic acids is 1. The number of rotatable bonds is 4. The van der Waals surface area contributed by atoms with Crippen molar-refractivity contribution in [3.8, 4) is 0 Å². The first kappa shape index (κ1) is 12.0. The van der Waals surface area contributed by atoms with Gasteiger partial charge in [-0.1, -0.05) is 24.3 Å². The van der Waals surface area contributed by atoms with Crippen LogP contribution in [-0.2, 0) is 6.42 Å². The smallest absolute Gasteiger partial charge is 0.336 e. The van der Waals surface area contributed by atoms with Crippen molar-refractivity contribution >= 4 is 11.8 Å². The Labute approximate surface area is 104 Å². The Bertz CT molecular complexity index is 579. The fourth-order valence-electron chi connectivity index (χ4n) is 1.68. The molecule has 18 heavy (non-hydrogen) atoms. The first-order chi connectivity index (χ1) is 8.68. The number of carboxylic acids is 1. The highest BCUT2D eigenvalue weighted by Crippen LogP contribution is 2.12. The molecule has 4 nitrogen and oxygen atoms in total. The van der Waals surface area contributed by atoms with Crippen LogP contribution >= 0.6 is 0 Å². The maximum atomic E-state index is 12.0. The molecular formula is C14H11NO3. The minimum Gasteiger partial charge on any atom is -0.478 e. The molecule has 1 aromatic heterocycles. The second kappa shape index (κ2) is 5.23. The van der Waals surface area contributed by atoms with E-state index in [4.69, 9.17) is 5.11 Å². The third-order valence-corrected chi connectivity index (χ3v) is 2.53. The van der Waals surface area contributed by atoms with Gasteiger partial charge in [0.15, 0.2) is 5.78 Å². The molecule has 2 rings (SSSR count). The van der Waals surface area contributed by atoms with Crippen LogP contribution in [0.15, 0.2) is 48.7 Å². The normalized spacial score (nSPS) is 10.0. The van der Waals surface area contributed by atoms with E-state index in [0.717, 1.165) is 0 Å². The first-order valence-corrected chi connectivity index (χ1v) is 5.44. The summed E-state index contributed by atoms with van der Waals surface area (Å²) >= 11 is 0. The van der Waals surface area contributed by atoms with Crippen molar-refractivity contribution in [2.75, 3.05) is 0 Å². The summed E-state index contributed by atoms with van der Waals surface area (Å²) < 4.78 is 0. The average Bonchev–Trinajstić information content (AvgIpc) is 2.40. The van der Waals surface area contributed by atoms with Crippen molar-refractivity contribution in [2.24, 2.45) is 0 Å². The summed E-state index contributed by atoms with van der Waals surface area (Å²) in [6.07, 6.45) is 1.71. The van der Waals surface area contributed by atoms with Gasteiger partial charge < -0.3 is 5.11 Å². The van der Waals surface area contributed by atoms with Gasteiger partial charge in [-0.15, -0.1) is 0 Å². The lowest BCUT2D eigenvalue weighted by Gasteiger charge is -2.04. The predicted octanol–water partition coefficient (Wildman–Crippen LogP) is 2.21. The highest BCUT2D eigenvalue weighted by Gasteiger charge is 2.16. The number of benzene rings is 1. The van der Waals surface area contributed by atoms with Crippen LogP contribution in [0.5, 0.6) is 0 Å². The fraction of sp³-hybridized carbons (Fsp3) is 0.0714. The summed E-state index contributed by atoms with van der Waals surface area (Å²) in [5.41, 5.74) is 0.872. The van der Waals surface area contributed by atoms with Crippen LogP contribution in [0.4, 0.5) is 0 Å². The van der Waals surface area contributed by atoms with Crippen LogP contribution in [0, 0.1) is 0 Å². The lowest BCUT2D eigenvalue weighted by molar-refractivity contribution is 0.0692. The monoisotopic (exact) mass is 241 g/mol. The number of carboxylic acid groups (broad SMARTS) is 1. The number of hydrogen-bond donors (Lipinski definition) is 1. The molecule has 0 saturated carbocycles. The Kier molecular flexibility index (Phi) is 3.48. The number of carbonyl (C=O) groups excluding carboxylic acids is 1.